The van der Waals surface area contributed by atoms with Gasteiger partial charge in [-0.3, -0.25) is 4.79 Å². The highest BCUT2D eigenvalue weighted by Crippen LogP contribution is 2.22. The minimum Gasteiger partial charge on any atom is -0.481 e. The van der Waals surface area contributed by atoms with E-state index in [0.29, 0.717) is 18.1 Å². The van der Waals surface area contributed by atoms with Crippen molar-refractivity contribution in [1.29, 1.82) is 0 Å². The Hall–Kier alpha value is -0.580. The van der Waals surface area contributed by atoms with Crippen molar-refractivity contribution in [3.8, 4) is 0 Å². The average Bonchev–Trinajstić information content (AvgIpc) is 2.19. The molecule has 1 N–H and O–H groups in total. The molecule has 1 rings (SSSR count). The molecule has 0 unspecified atom stereocenters. The number of hydrogen-bond donors (Lipinski definition) is 1. The lowest BCUT2D eigenvalue weighted by atomic mass is 10.2. The zero-order chi connectivity index (χ0) is 12.1. The molecule has 0 bridgehead atoms. The third-order valence-electron chi connectivity index (χ3n) is 2.16. The van der Waals surface area contributed by atoms with E-state index in [1.807, 2.05) is 30.1 Å². The molecule has 0 aliphatic heterocycles. The first-order valence-corrected chi connectivity index (χ1v) is 6.00. The van der Waals surface area contributed by atoms with Crippen LogP contribution >= 0.6 is 27.5 Å². The second-order valence-electron chi connectivity index (χ2n) is 3.62. The molecule has 0 aliphatic rings. The molecule has 0 saturated carbocycles. The Balaban J connectivity index is 2.55. The number of halogens is 2. The summed E-state index contributed by atoms with van der Waals surface area (Å²) in [6.07, 6.45) is 0.154. The van der Waals surface area contributed by atoms with Crippen molar-refractivity contribution >= 4 is 33.5 Å². The standard InChI is InChI=1S/C11H13BrClNO2/c1-14(5-4-11(15)16)7-8-2-3-9(13)6-10(8)12/h2-3,6H,4-5,7H2,1H3,(H,15,16). The van der Waals surface area contributed by atoms with E-state index in [2.05, 4.69) is 15.9 Å². The van der Waals surface area contributed by atoms with Gasteiger partial charge >= 0.3 is 5.97 Å². The quantitative estimate of drug-likeness (QED) is 0.909. The predicted molar refractivity (Wildman–Crippen MR) is 67.7 cm³/mol. The highest BCUT2D eigenvalue weighted by atomic mass is 79.9. The Morgan fingerprint density at radius 3 is 2.81 bits per heavy atom. The minimum atomic E-state index is -0.776. The van der Waals surface area contributed by atoms with E-state index in [1.54, 1.807) is 0 Å². The SMILES string of the molecule is CN(CCC(=O)O)Cc1ccc(Cl)cc1Br. The summed E-state index contributed by atoms with van der Waals surface area (Å²) in [7, 11) is 1.89. The number of aliphatic carboxylic acids is 1. The van der Waals surface area contributed by atoms with Gasteiger partial charge in [0.05, 0.1) is 6.42 Å². The third kappa shape index (κ3) is 4.51. The van der Waals surface area contributed by atoms with Crippen LogP contribution < -0.4 is 0 Å². The van der Waals surface area contributed by atoms with Crippen molar-refractivity contribution in [1.82, 2.24) is 4.90 Å². The van der Waals surface area contributed by atoms with Gasteiger partial charge < -0.3 is 10.0 Å². The fourth-order valence-corrected chi connectivity index (χ4v) is 2.11. The van der Waals surface area contributed by atoms with Crippen molar-refractivity contribution in [3.05, 3.63) is 33.3 Å². The lowest BCUT2D eigenvalue weighted by Gasteiger charge is -2.16. The monoisotopic (exact) mass is 305 g/mol. The molecular formula is C11H13BrClNO2. The van der Waals surface area contributed by atoms with Gasteiger partial charge in [0, 0.05) is 22.6 Å². The van der Waals surface area contributed by atoms with Gasteiger partial charge in [0.25, 0.3) is 0 Å². The van der Waals surface area contributed by atoms with E-state index in [-0.39, 0.29) is 6.42 Å². The number of hydrogen-bond acceptors (Lipinski definition) is 2. The summed E-state index contributed by atoms with van der Waals surface area (Å²) < 4.78 is 0.946. The number of rotatable bonds is 5. The predicted octanol–water partition coefficient (Wildman–Crippen LogP) is 3.01. The number of carboxylic acids is 1. The van der Waals surface area contributed by atoms with Gasteiger partial charge in [0.15, 0.2) is 0 Å². The van der Waals surface area contributed by atoms with Gasteiger partial charge in [0.2, 0.25) is 0 Å². The van der Waals surface area contributed by atoms with Crippen LogP contribution in [0.15, 0.2) is 22.7 Å². The van der Waals surface area contributed by atoms with Crippen LogP contribution in [0.25, 0.3) is 0 Å². The number of carboxylic acid groups (broad SMARTS) is 1. The first kappa shape index (κ1) is 13.5. The van der Waals surface area contributed by atoms with Gasteiger partial charge in [-0.15, -0.1) is 0 Å². The molecule has 0 aromatic heterocycles. The van der Waals surface area contributed by atoms with Crippen LogP contribution in [0.4, 0.5) is 0 Å². The van der Waals surface area contributed by atoms with Crippen molar-refractivity contribution in [2.45, 2.75) is 13.0 Å². The maximum atomic E-state index is 10.4. The lowest BCUT2D eigenvalue weighted by molar-refractivity contribution is -0.137. The first-order valence-electron chi connectivity index (χ1n) is 4.83. The largest absolute Gasteiger partial charge is 0.481 e. The highest BCUT2D eigenvalue weighted by molar-refractivity contribution is 9.10. The molecular weight excluding hydrogens is 293 g/mol. The molecule has 1 aromatic rings. The molecule has 1 aromatic carbocycles. The van der Waals surface area contributed by atoms with Crippen molar-refractivity contribution < 1.29 is 9.90 Å². The van der Waals surface area contributed by atoms with Gasteiger partial charge in [-0.25, -0.2) is 0 Å². The van der Waals surface area contributed by atoms with Crippen LogP contribution in [0, 0.1) is 0 Å². The van der Waals surface area contributed by atoms with Crippen LogP contribution in [0.1, 0.15) is 12.0 Å². The Kier molecular flexibility index (Phi) is 5.25. The zero-order valence-corrected chi connectivity index (χ0v) is 11.3. The van der Waals surface area contributed by atoms with E-state index in [9.17, 15) is 4.79 Å². The van der Waals surface area contributed by atoms with E-state index < -0.39 is 5.97 Å². The topological polar surface area (TPSA) is 40.5 Å². The molecule has 0 fully saturated rings. The molecule has 0 atom stereocenters. The van der Waals surface area contributed by atoms with Gasteiger partial charge in [-0.2, -0.15) is 0 Å². The zero-order valence-electron chi connectivity index (χ0n) is 8.91. The minimum absolute atomic E-state index is 0.154. The summed E-state index contributed by atoms with van der Waals surface area (Å²) in [6.45, 7) is 1.23. The van der Waals surface area contributed by atoms with E-state index in [4.69, 9.17) is 16.7 Å². The second-order valence-corrected chi connectivity index (χ2v) is 4.91. The maximum Gasteiger partial charge on any atom is 0.304 e. The van der Waals surface area contributed by atoms with Crippen molar-refractivity contribution in [2.24, 2.45) is 0 Å². The smallest absolute Gasteiger partial charge is 0.304 e. The summed E-state index contributed by atoms with van der Waals surface area (Å²) in [6, 6.07) is 5.60. The summed E-state index contributed by atoms with van der Waals surface area (Å²) in [5.41, 5.74) is 1.09. The number of nitrogens with zero attached hydrogens (tertiary/aromatic N) is 1. The van der Waals surface area contributed by atoms with Gasteiger partial charge in [-0.1, -0.05) is 33.6 Å². The van der Waals surface area contributed by atoms with Crippen LogP contribution in [0.3, 0.4) is 0 Å². The molecule has 0 spiro atoms. The normalized spacial score (nSPS) is 10.8. The van der Waals surface area contributed by atoms with Crippen molar-refractivity contribution in [2.75, 3.05) is 13.6 Å². The molecule has 0 saturated heterocycles. The van der Waals surface area contributed by atoms with E-state index >= 15 is 0 Å². The molecule has 0 radical (unpaired) electrons. The molecule has 0 amide bonds. The van der Waals surface area contributed by atoms with Gasteiger partial charge in [-0.05, 0) is 24.7 Å². The van der Waals surface area contributed by atoms with Crippen LogP contribution in [0.2, 0.25) is 5.02 Å². The molecule has 16 heavy (non-hydrogen) atoms. The lowest BCUT2D eigenvalue weighted by Crippen LogP contribution is -2.21. The van der Waals surface area contributed by atoms with Crippen molar-refractivity contribution in [3.63, 3.8) is 0 Å². The van der Waals surface area contributed by atoms with E-state index in [0.717, 1.165) is 10.0 Å². The average molecular weight is 307 g/mol. The van der Waals surface area contributed by atoms with Crippen LogP contribution in [-0.2, 0) is 11.3 Å². The Morgan fingerprint density at radius 2 is 2.25 bits per heavy atom. The third-order valence-corrected chi connectivity index (χ3v) is 3.14. The first-order chi connectivity index (χ1) is 7.49. The summed E-state index contributed by atoms with van der Waals surface area (Å²) in [5.74, 6) is -0.776. The fourth-order valence-electron chi connectivity index (χ4n) is 1.31. The number of benzene rings is 1. The van der Waals surface area contributed by atoms with E-state index in [1.165, 1.54) is 0 Å². The molecule has 0 aliphatic carbocycles. The molecule has 5 heteroatoms. The molecule has 0 heterocycles. The Labute approximate surface area is 108 Å². The summed E-state index contributed by atoms with van der Waals surface area (Å²) >= 11 is 9.26. The fraction of sp³-hybridized carbons (Fsp3) is 0.364. The summed E-state index contributed by atoms with van der Waals surface area (Å²) in [4.78, 5) is 12.4. The maximum absolute atomic E-state index is 10.4. The Morgan fingerprint density at radius 1 is 1.56 bits per heavy atom. The second kappa shape index (κ2) is 6.23. The number of carbonyl (C=O) groups is 1. The van der Waals surface area contributed by atoms with Crippen LogP contribution in [-0.4, -0.2) is 29.6 Å². The Bertz CT molecular complexity index is 384. The highest BCUT2D eigenvalue weighted by Gasteiger charge is 2.06. The van der Waals surface area contributed by atoms with Crippen LogP contribution in [0.5, 0.6) is 0 Å². The summed E-state index contributed by atoms with van der Waals surface area (Å²) in [5, 5.41) is 9.25. The molecule has 3 nitrogen and oxygen atoms in total. The van der Waals surface area contributed by atoms with Gasteiger partial charge in [0.1, 0.15) is 0 Å². The molecule has 88 valence electrons.